The van der Waals surface area contributed by atoms with Crippen LogP contribution >= 0.6 is 0 Å². The number of hydrazone groups is 1. The van der Waals surface area contributed by atoms with E-state index in [2.05, 4.69) is 15.2 Å². The molecule has 2 aromatic rings. The summed E-state index contributed by atoms with van der Waals surface area (Å²) in [6.07, 6.45) is 1.78. The average molecular weight is 462 g/mol. The maximum absolute atomic E-state index is 12.7. The van der Waals surface area contributed by atoms with Crippen molar-refractivity contribution in [3.63, 3.8) is 0 Å². The van der Waals surface area contributed by atoms with Crippen LogP contribution in [0.1, 0.15) is 38.3 Å². The number of hydrogen-bond donors (Lipinski definition) is 2. The summed E-state index contributed by atoms with van der Waals surface area (Å²) in [4.78, 5) is 12.8. The van der Waals surface area contributed by atoms with E-state index in [1.807, 2.05) is 27.7 Å². The van der Waals surface area contributed by atoms with Crippen molar-refractivity contribution in [3.8, 4) is 11.5 Å². The summed E-state index contributed by atoms with van der Waals surface area (Å²) < 4.78 is 38.8. The number of ether oxygens (including phenoxy) is 2. The molecule has 0 unspecified atom stereocenters. The highest BCUT2D eigenvalue weighted by molar-refractivity contribution is 7.89. The van der Waals surface area contributed by atoms with Gasteiger partial charge in [-0.1, -0.05) is 31.5 Å². The Morgan fingerprint density at radius 3 is 2.41 bits per heavy atom. The quantitative estimate of drug-likeness (QED) is 0.395. The molecule has 9 heteroatoms. The number of carbonyl (C=O) groups is 1. The molecule has 0 saturated heterocycles. The standard InChI is InChI=1S/C23H31N3O5S/c1-6-31-22-14-18(9-12-21(22)30-5)15-24-25-23(27)20(13-16(2)3)26-32(28,29)19-10-7-17(4)8-11-19/h7-12,14-16,20,26H,6,13H2,1-5H3,(H,25,27)/b24-15-/t20-/m1/s1. The van der Waals surface area contributed by atoms with E-state index in [-0.39, 0.29) is 10.8 Å². The summed E-state index contributed by atoms with van der Waals surface area (Å²) in [5.74, 6) is 0.708. The topological polar surface area (TPSA) is 106 Å². The Bertz CT molecular complexity index is 1030. The first kappa shape index (κ1) is 25.4. The predicted molar refractivity (Wildman–Crippen MR) is 125 cm³/mol. The number of rotatable bonds is 11. The fourth-order valence-electron chi connectivity index (χ4n) is 2.94. The molecule has 174 valence electrons. The van der Waals surface area contributed by atoms with Crippen LogP contribution in [0.3, 0.4) is 0 Å². The van der Waals surface area contributed by atoms with Crippen LogP contribution in [0, 0.1) is 12.8 Å². The molecule has 0 spiro atoms. The van der Waals surface area contributed by atoms with Crippen LogP contribution < -0.4 is 19.6 Å². The van der Waals surface area contributed by atoms with Gasteiger partial charge < -0.3 is 9.47 Å². The van der Waals surface area contributed by atoms with Crippen LogP contribution in [0.15, 0.2) is 52.5 Å². The van der Waals surface area contributed by atoms with Crippen molar-refractivity contribution in [2.24, 2.45) is 11.0 Å². The van der Waals surface area contributed by atoms with E-state index in [0.29, 0.717) is 30.1 Å². The minimum Gasteiger partial charge on any atom is -0.493 e. The number of aryl methyl sites for hydroxylation is 1. The summed E-state index contributed by atoms with van der Waals surface area (Å²) in [5.41, 5.74) is 4.07. The number of sulfonamides is 1. The van der Waals surface area contributed by atoms with Crippen molar-refractivity contribution in [2.75, 3.05) is 13.7 Å². The van der Waals surface area contributed by atoms with Gasteiger partial charge in [-0.15, -0.1) is 0 Å². The van der Waals surface area contributed by atoms with E-state index < -0.39 is 22.0 Å². The highest BCUT2D eigenvalue weighted by Crippen LogP contribution is 2.27. The number of methoxy groups -OCH3 is 1. The third-order valence-corrected chi connectivity index (χ3v) is 6.02. The van der Waals surface area contributed by atoms with Gasteiger partial charge in [0.2, 0.25) is 10.0 Å². The SMILES string of the molecule is CCOc1cc(/C=N\NC(=O)[C@@H](CC(C)C)NS(=O)(=O)c2ccc(C)cc2)ccc1OC. The van der Waals surface area contributed by atoms with Crippen molar-refractivity contribution in [3.05, 3.63) is 53.6 Å². The zero-order valence-electron chi connectivity index (χ0n) is 19.1. The van der Waals surface area contributed by atoms with Crippen molar-refractivity contribution in [1.29, 1.82) is 0 Å². The first-order chi connectivity index (χ1) is 15.2. The van der Waals surface area contributed by atoms with Gasteiger partial charge in [-0.3, -0.25) is 4.79 Å². The van der Waals surface area contributed by atoms with E-state index in [4.69, 9.17) is 9.47 Å². The summed E-state index contributed by atoms with van der Waals surface area (Å²) in [6, 6.07) is 10.7. The molecule has 32 heavy (non-hydrogen) atoms. The third-order valence-electron chi connectivity index (χ3n) is 4.53. The Morgan fingerprint density at radius 2 is 1.81 bits per heavy atom. The summed E-state index contributed by atoms with van der Waals surface area (Å²) in [7, 11) is -2.30. The van der Waals surface area contributed by atoms with E-state index in [9.17, 15) is 13.2 Å². The van der Waals surface area contributed by atoms with Gasteiger partial charge in [0, 0.05) is 0 Å². The maximum Gasteiger partial charge on any atom is 0.258 e. The van der Waals surface area contributed by atoms with E-state index in [0.717, 1.165) is 5.56 Å². The van der Waals surface area contributed by atoms with E-state index in [1.54, 1.807) is 37.4 Å². The van der Waals surface area contributed by atoms with Gasteiger partial charge in [-0.2, -0.15) is 9.82 Å². The Kier molecular flexibility index (Phi) is 9.22. The predicted octanol–water partition coefficient (Wildman–Crippen LogP) is 3.25. The molecule has 0 saturated carbocycles. The molecule has 1 atom stereocenters. The zero-order chi connectivity index (χ0) is 23.7. The van der Waals surface area contributed by atoms with Gasteiger partial charge >= 0.3 is 0 Å². The molecule has 0 fully saturated rings. The molecule has 0 bridgehead atoms. The fraction of sp³-hybridized carbons (Fsp3) is 0.391. The van der Waals surface area contributed by atoms with Crippen molar-refractivity contribution in [2.45, 2.75) is 45.1 Å². The molecule has 0 aliphatic carbocycles. The van der Waals surface area contributed by atoms with Gasteiger partial charge in [0.1, 0.15) is 6.04 Å². The number of hydrogen-bond acceptors (Lipinski definition) is 6. The van der Waals surface area contributed by atoms with Crippen LogP contribution in [0.5, 0.6) is 11.5 Å². The Labute approximate surface area is 190 Å². The van der Waals surface area contributed by atoms with Crippen LogP contribution in [-0.4, -0.2) is 40.3 Å². The van der Waals surface area contributed by atoms with Crippen LogP contribution in [-0.2, 0) is 14.8 Å². The third kappa shape index (κ3) is 7.35. The average Bonchev–Trinajstić information content (AvgIpc) is 2.73. The molecule has 2 N–H and O–H groups in total. The minimum absolute atomic E-state index is 0.0887. The molecule has 0 aromatic heterocycles. The highest BCUT2D eigenvalue weighted by atomic mass is 32.2. The van der Waals surface area contributed by atoms with Crippen molar-refractivity contribution >= 4 is 22.1 Å². The number of amides is 1. The lowest BCUT2D eigenvalue weighted by atomic mass is 10.0. The number of nitrogens with zero attached hydrogens (tertiary/aromatic N) is 1. The Balaban J connectivity index is 2.12. The van der Waals surface area contributed by atoms with Gasteiger partial charge in [-0.25, -0.2) is 13.8 Å². The van der Waals surface area contributed by atoms with Crippen LogP contribution in [0.2, 0.25) is 0 Å². The van der Waals surface area contributed by atoms with Gasteiger partial charge in [0.25, 0.3) is 5.91 Å². The highest BCUT2D eigenvalue weighted by Gasteiger charge is 2.26. The lowest BCUT2D eigenvalue weighted by Crippen LogP contribution is -2.46. The maximum atomic E-state index is 12.7. The summed E-state index contributed by atoms with van der Waals surface area (Å²) in [6.45, 7) is 8.04. The van der Waals surface area contributed by atoms with Crippen molar-refractivity contribution < 1.29 is 22.7 Å². The molecule has 0 heterocycles. The molecule has 0 aliphatic heterocycles. The second kappa shape index (κ2) is 11.6. The summed E-state index contributed by atoms with van der Waals surface area (Å²) in [5, 5.41) is 3.99. The molecule has 0 radical (unpaired) electrons. The normalized spacial score (nSPS) is 12.7. The number of benzene rings is 2. The summed E-state index contributed by atoms with van der Waals surface area (Å²) >= 11 is 0. The second-order valence-electron chi connectivity index (χ2n) is 7.69. The lowest BCUT2D eigenvalue weighted by Gasteiger charge is -2.19. The molecular formula is C23H31N3O5S. The Morgan fingerprint density at radius 1 is 1.12 bits per heavy atom. The first-order valence-corrected chi connectivity index (χ1v) is 11.9. The second-order valence-corrected chi connectivity index (χ2v) is 9.41. The molecule has 2 aromatic carbocycles. The number of carbonyl (C=O) groups excluding carboxylic acids is 1. The van der Waals surface area contributed by atoms with Crippen LogP contribution in [0.4, 0.5) is 0 Å². The van der Waals surface area contributed by atoms with Crippen molar-refractivity contribution in [1.82, 2.24) is 10.1 Å². The fourth-order valence-corrected chi connectivity index (χ4v) is 4.15. The lowest BCUT2D eigenvalue weighted by molar-refractivity contribution is -0.123. The van der Waals surface area contributed by atoms with Gasteiger partial charge in [0.15, 0.2) is 11.5 Å². The Hall–Kier alpha value is -2.91. The molecule has 0 aliphatic rings. The van der Waals surface area contributed by atoms with Crippen LogP contribution in [0.25, 0.3) is 0 Å². The molecule has 2 rings (SSSR count). The van der Waals surface area contributed by atoms with Gasteiger partial charge in [0.05, 0.1) is 24.8 Å². The largest absolute Gasteiger partial charge is 0.493 e. The first-order valence-electron chi connectivity index (χ1n) is 10.4. The van der Waals surface area contributed by atoms with E-state index in [1.165, 1.54) is 18.3 Å². The molecular weight excluding hydrogens is 430 g/mol. The molecule has 1 amide bonds. The van der Waals surface area contributed by atoms with Gasteiger partial charge in [-0.05, 0) is 62.1 Å². The zero-order valence-corrected chi connectivity index (χ0v) is 19.9. The minimum atomic E-state index is -3.86. The van der Waals surface area contributed by atoms with E-state index >= 15 is 0 Å². The number of nitrogens with one attached hydrogen (secondary N) is 2. The monoisotopic (exact) mass is 461 g/mol. The smallest absolute Gasteiger partial charge is 0.258 e. The molecule has 8 nitrogen and oxygen atoms in total.